The van der Waals surface area contributed by atoms with Crippen LogP contribution in [0.4, 0.5) is 0 Å². The van der Waals surface area contributed by atoms with Gasteiger partial charge in [-0.15, -0.1) is 0 Å². The zero-order chi connectivity index (χ0) is 75.1. The zero-order valence-electron chi connectivity index (χ0n) is 57.6. The van der Waals surface area contributed by atoms with Gasteiger partial charge in [-0.25, -0.2) is 18.3 Å². The number of ether oxygens (including phenoxy) is 9. The molecule has 19 unspecified atom stereocenters. The lowest BCUT2D eigenvalue weighted by atomic mass is 9.84. The number of unbranched alkanes of at least 4 members (excludes halogenated alkanes) is 8. The molecule has 0 saturated carbocycles. The summed E-state index contributed by atoms with van der Waals surface area (Å²) in [5, 5.41) is 95.9. The minimum Gasteiger partial charge on any atom is -0.394 e. The number of Topliss-reactive ketones (excluding diaryl/α,β-unsaturated/α-hetero) is 1. The molecule has 0 aromatic carbocycles. The SMILES string of the molecule is CC(=O)CC1C(OCCCCOP(=O)(O)OCCCOCC(CCCCCOP(=O)(O)OCCCCOC2OC(CO)C(O)C(O)C2NC(C)=O)(COCCCCCCOP(=O)(O)O)COCCCOP(=O)(O)OCCCCOC2OC(CO)C(O)C(O)C2NC(C)=O)OC(CO)C(O)C1O. The van der Waals surface area contributed by atoms with Crippen molar-refractivity contribution in [3.63, 3.8) is 0 Å². The van der Waals surface area contributed by atoms with Gasteiger partial charge in [0.05, 0.1) is 92.0 Å². The molecule has 101 heavy (non-hydrogen) atoms. The van der Waals surface area contributed by atoms with Crippen molar-refractivity contribution in [2.75, 3.05) is 126 Å². The molecule has 0 spiro atoms. The van der Waals surface area contributed by atoms with Gasteiger partial charge in [0, 0.05) is 71.2 Å². The van der Waals surface area contributed by atoms with E-state index in [-0.39, 0.29) is 176 Å². The molecule has 3 saturated heterocycles. The van der Waals surface area contributed by atoms with E-state index < -0.39 is 160 Å². The molecular weight excluding hydrogens is 1440 g/mol. The van der Waals surface area contributed by atoms with E-state index in [0.717, 1.165) is 0 Å². The first-order valence-electron chi connectivity index (χ1n) is 33.8. The van der Waals surface area contributed by atoms with Gasteiger partial charge in [-0.2, -0.15) is 0 Å². The van der Waals surface area contributed by atoms with Gasteiger partial charge in [0.25, 0.3) is 0 Å². The Morgan fingerprint density at radius 2 is 0.673 bits per heavy atom. The molecule has 0 aromatic rings. The van der Waals surface area contributed by atoms with Crippen LogP contribution in [0.5, 0.6) is 0 Å². The second-order valence-corrected chi connectivity index (χ2v) is 30.3. The number of carbonyl (C=O) groups excluding carboxylic acids is 3. The summed E-state index contributed by atoms with van der Waals surface area (Å²) in [5.41, 5.74) is -0.915. The highest BCUT2D eigenvalue weighted by atomic mass is 31.2. The standard InChI is InChI=1S/C58H112N2O37P4/c1-40(64)33-43-49(67)50(68)44(34-61)95-55(43)85-23-11-14-28-91-100(78,79)93-31-17-21-83-38-58(37-82-20-8-4-5-9-26-88-98(73,74)75,19-7-6-10-27-89-99(76,77)90-29-15-12-24-86-56-47(59-41(2)65)53(71)51(69)45(35-62)96-56)39-84-22-18-32-94-101(80,81)92-30-16-13-25-87-57-48(60-42(3)66)54(72)52(70)46(36-63)97-57/h43-57,61-63,67-72H,4-39H2,1-3H3,(H,59,65)(H,60,66)(H,76,77)(H,78,79)(H,80,81)(H2,73,74,75). The molecular formula is C58H112N2O37P4. The lowest BCUT2D eigenvalue weighted by Gasteiger charge is -2.42. The number of hydrogen-bond donors (Lipinski definition) is 16. The number of aliphatic hydroxyl groups excluding tert-OH is 9. The third-order valence-corrected chi connectivity index (χ3v) is 19.5. The summed E-state index contributed by atoms with van der Waals surface area (Å²) in [6.45, 7) is 0.404. The van der Waals surface area contributed by atoms with Crippen molar-refractivity contribution in [3.05, 3.63) is 0 Å². The molecule has 3 rings (SSSR count). The molecule has 19 atom stereocenters. The largest absolute Gasteiger partial charge is 0.472 e. The molecule has 3 aliphatic rings. The summed E-state index contributed by atoms with van der Waals surface area (Å²) < 4.78 is 137. The van der Waals surface area contributed by atoms with Crippen LogP contribution in [0.25, 0.3) is 0 Å². The fourth-order valence-corrected chi connectivity index (χ4v) is 13.4. The number of phosphoric ester groups is 4. The summed E-state index contributed by atoms with van der Waals surface area (Å²) in [4.78, 5) is 84.6. The lowest BCUT2D eigenvalue weighted by molar-refractivity contribution is -0.285. The Balaban J connectivity index is 1.59. The first kappa shape index (κ1) is 93.5. The topological polar surface area (TPSA) is 574 Å². The van der Waals surface area contributed by atoms with Gasteiger partial charge in [0.15, 0.2) is 18.9 Å². The molecule has 0 aliphatic carbocycles. The van der Waals surface area contributed by atoms with Crippen LogP contribution in [-0.2, 0) is 107 Å². The third-order valence-electron chi connectivity index (χ3n) is 15.9. The number of carbonyl (C=O) groups is 3. The average Bonchev–Trinajstić information content (AvgIpc) is 0.820. The van der Waals surface area contributed by atoms with Crippen LogP contribution < -0.4 is 10.6 Å². The highest BCUT2D eigenvalue weighted by Gasteiger charge is 2.48. The van der Waals surface area contributed by atoms with Gasteiger partial charge >= 0.3 is 31.3 Å². The Labute approximate surface area is 587 Å². The van der Waals surface area contributed by atoms with Gasteiger partial charge in [0.1, 0.15) is 66.7 Å². The summed E-state index contributed by atoms with van der Waals surface area (Å²) in [6.07, 6.45) is -10.9. The predicted molar refractivity (Wildman–Crippen MR) is 347 cm³/mol. The van der Waals surface area contributed by atoms with Crippen LogP contribution in [-0.4, -0.2) is 299 Å². The number of aliphatic hydroxyl groups is 9. The number of ketones is 1. The predicted octanol–water partition coefficient (Wildman–Crippen LogP) is -0.254. The van der Waals surface area contributed by atoms with Gasteiger partial charge < -0.3 is 128 Å². The van der Waals surface area contributed by atoms with E-state index in [0.29, 0.717) is 44.9 Å². The van der Waals surface area contributed by atoms with Crippen LogP contribution in [0.3, 0.4) is 0 Å². The van der Waals surface area contributed by atoms with Crippen LogP contribution >= 0.6 is 31.3 Å². The van der Waals surface area contributed by atoms with Gasteiger partial charge in [0.2, 0.25) is 11.8 Å². The molecule has 43 heteroatoms. The Morgan fingerprint density at radius 3 is 1.03 bits per heavy atom. The number of nitrogens with one attached hydrogen (secondary N) is 2. The molecule has 0 bridgehead atoms. The number of hydrogen-bond acceptors (Lipinski definition) is 32. The van der Waals surface area contributed by atoms with E-state index in [4.69, 9.17) is 79.6 Å². The Hall–Kier alpha value is -1.67. The van der Waals surface area contributed by atoms with Crippen molar-refractivity contribution in [3.8, 4) is 0 Å². The fourth-order valence-electron chi connectivity index (χ4n) is 10.6. The molecule has 3 aliphatic heterocycles. The highest BCUT2D eigenvalue weighted by Crippen LogP contribution is 2.46. The van der Waals surface area contributed by atoms with Crippen molar-refractivity contribution in [2.24, 2.45) is 11.3 Å². The first-order valence-corrected chi connectivity index (χ1v) is 39.9. The van der Waals surface area contributed by atoms with Gasteiger partial charge in [-0.3, -0.25) is 41.3 Å². The van der Waals surface area contributed by atoms with E-state index in [9.17, 15) is 93.3 Å². The van der Waals surface area contributed by atoms with Crippen molar-refractivity contribution >= 4 is 48.9 Å². The number of rotatable bonds is 59. The highest BCUT2D eigenvalue weighted by molar-refractivity contribution is 7.48. The van der Waals surface area contributed by atoms with E-state index in [1.54, 1.807) is 0 Å². The van der Waals surface area contributed by atoms with Crippen molar-refractivity contribution in [1.29, 1.82) is 0 Å². The van der Waals surface area contributed by atoms with Crippen LogP contribution in [0, 0.1) is 11.3 Å². The van der Waals surface area contributed by atoms with Crippen molar-refractivity contribution < 1.29 is 177 Å². The summed E-state index contributed by atoms with van der Waals surface area (Å²) in [5.74, 6) is -2.26. The Morgan fingerprint density at radius 1 is 0.376 bits per heavy atom. The molecule has 0 radical (unpaired) electrons. The molecule has 2 amide bonds. The second kappa shape index (κ2) is 50.1. The monoisotopic (exact) mass is 1550 g/mol. The number of phosphoric acid groups is 4. The second-order valence-electron chi connectivity index (χ2n) is 24.7. The third kappa shape index (κ3) is 38.8. The lowest BCUT2D eigenvalue weighted by Crippen LogP contribution is -2.64. The van der Waals surface area contributed by atoms with E-state index in [1.807, 2.05) is 0 Å². The maximum absolute atomic E-state index is 12.8. The summed E-state index contributed by atoms with van der Waals surface area (Å²) in [7, 11) is -18.3. The molecule has 596 valence electrons. The van der Waals surface area contributed by atoms with E-state index in [1.165, 1.54) is 20.8 Å². The smallest absolute Gasteiger partial charge is 0.394 e. The first-order chi connectivity index (χ1) is 47.8. The van der Waals surface area contributed by atoms with Crippen LogP contribution in [0.15, 0.2) is 0 Å². The molecule has 39 nitrogen and oxygen atoms in total. The number of amides is 2. The van der Waals surface area contributed by atoms with Gasteiger partial charge in [-0.1, -0.05) is 25.7 Å². The van der Waals surface area contributed by atoms with E-state index >= 15 is 0 Å². The molecule has 0 aromatic heterocycles. The normalized spacial score (nSPS) is 28.2. The quantitative estimate of drug-likeness (QED) is 0.0276. The molecule has 16 N–H and O–H groups in total. The Bertz CT molecular complexity index is 2260. The van der Waals surface area contributed by atoms with Crippen LogP contribution in [0.2, 0.25) is 0 Å². The summed E-state index contributed by atoms with van der Waals surface area (Å²) in [6, 6.07) is -2.31. The maximum Gasteiger partial charge on any atom is 0.472 e. The van der Waals surface area contributed by atoms with Gasteiger partial charge in [-0.05, 0) is 84.0 Å². The van der Waals surface area contributed by atoms with E-state index in [2.05, 4.69) is 15.2 Å². The fraction of sp³-hybridized carbons (Fsp3) is 0.948. The average molecular weight is 1550 g/mol. The molecule has 3 heterocycles. The maximum atomic E-state index is 12.8. The van der Waals surface area contributed by atoms with Crippen LogP contribution in [0.1, 0.15) is 130 Å². The minimum atomic E-state index is -4.62. The summed E-state index contributed by atoms with van der Waals surface area (Å²) >= 11 is 0. The zero-order valence-corrected chi connectivity index (χ0v) is 61.1. The van der Waals surface area contributed by atoms with Crippen molar-refractivity contribution in [1.82, 2.24) is 10.6 Å². The minimum absolute atomic E-state index is 0.00475. The van der Waals surface area contributed by atoms with Crippen molar-refractivity contribution in [2.45, 2.75) is 216 Å². The molecule has 3 fully saturated rings. The Kier molecular flexibility index (Phi) is 46.4.